The largest absolute Gasteiger partial charge is 0.387 e. The van der Waals surface area contributed by atoms with Crippen molar-refractivity contribution in [3.05, 3.63) is 76.1 Å². The summed E-state index contributed by atoms with van der Waals surface area (Å²) in [6.07, 6.45) is 11.7. The van der Waals surface area contributed by atoms with Crippen LogP contribution >= 0.6 is 11.6 Å². The Labute approximate surface area is 214 Å². The van der Waals surface area contributed by atoms with Gasteiger partial charge in [-0.1, -0.05) is 29.8 Å². The SMILES string of the molecule is N#Cc1cc(-c2cc(NC3CCN(C(=O)CC4=CNC(Cl)C=C4)CC3)c3c(c2)=CCNC=3)ccc1F. The highest BCUT2D eigenvalue weighted by Crippen LogP contribution is 2.24. The van der Waals surface area contributed by atoms with Crippen LogP contribution in [0.3, 0.4) is 0 Å². The molecule has 3 heterocycles. The number of fused-ring (bicyclic) bond motifs is 1. The van der Waals surface area contributed by atoms with Gasteiger partial charge in [0.1, 0.15) is 17.4 Å². The van der Waals surface area contributed by atoms with Crippen LogP contribution < -0.4 is 26.4 Å². The summed E-state index contributed by atoms with van der Waals surface area (Å²) in [6, 6.07) is 10.9. The number of piperidine rings is 1. The number of amides is 1. The number of nitrogens with one attached hydrogen (secondary N) is 3. The zero-order chi connectivity index (χ0) is 25.1. The number of rotatable bonds is 5. The molecular weight excluding hydrogens is 477 g/mol. The van der Waals surface area contributed by atoms with Crippen LogP contribution in [0.25, 0.3) is 23.4 Å². The highest BCUT2D eigenvalue weighted by atomic mass is 35.5. The summed E-state index contributed by atoms with van der Waals surface area (Å²) in [7, 11) is 0. The maximum absolute atomic E-state index is 13.9. The summed E-state index contributed by atoms with van der Waals surface area (Å²) in [6.45, 7) is 2.12. The number of halogens is 2. The molecule has 2 aromatic carbocycles. The predicted octanol–water partition coefficient (Wildman–Crippen LogP) is 2.89. The van der Waals surface area contributed by atoms with Gasteiger partial charge in [0, 0.05) is 49.0 Å². The van der Waals surface area contributed by atoms with Gasteiger partial charge in [0.2, 0.25) is 5.91 Å². The van der Waals surface area contributed by atoms with Gasteiger partial charge in [-0.25, -0.2) is 4.39 Å². The van der Waals surface area contributed by atoms with Crippen molar-refractivity contribution < 1.29 is 9.18 Å². The van der Waals surface area contributed by atoms with E-state index in [2.05, 4.69) is 34.2 Å². The third-order valence-electron chi connectivity index (χ3n) is 6.79. The first-order valence-electron chi connectivity index (χ1n) is 12.1. The van der Waals surface area contributed by atoms with Gasteiger partial charge < -0.3 is 20.9 Å². The number of alkyl halides is 1. The van der Waals surface area contributed by atoms with Crippen LogP contribution in [0.5, 0.6) is 0 Å². The Balaban J connectivity index is 1.30. The van der Waals surface area contributed by atoms with Crippen molar-refractivity contribution >= 4 is 35.5 Å². The highest BCUT2D eigenvalue weighted by molar-refractivity contribution is 6.21. The number of likely N-dealkylation sites (tertiary alicyclic amines) is 1. The van der Waals surface area contributed by atoms with Crippen molar-refractivity contribution in [2.24, 2.45) is 0 Å². The van der Waals surface area contributed by atoms with Crippen LogP contribution in [0.1, 0.15) is 24.8 Å². The van der Waals surface area contributed by atoms with E-state index in [4.69, 9.17) is 11.6 Å². The number of hydrogen-bond acceptors (Lipinski definition) is 5. The van der Waals surface area contributed by atoms with Crippen LogP contribution in [0.2, 0.25) is 0 Å². The van der Waals surface area contributed by atoms with Crippen molar-refractivity contribution in [1.29, 1.82) is 5.26 Å². The topological polar surface area (TPSA) is 80.2 Å². The molecule has 5 rings (SSSR count). The van der Waals surface area contributed by atoms with E-state index < -0.39 is 5.82 Å². The van der Waals surface area contributed by atoms with Gasteiger partial charge in [-0.3, -0.25) is 4.79 Å². The van der Waals surface area contributed by atoms with E-state index in [1.807, 2.05) is 35.5 Å². The molecule has 1 fully saturated rings. The molecule has 3 aliphatic heterocycles. The Morgan fingerprint density at radius 1 is 1.19 bits per heavy atom. The average molecular weight is 504 g/mol. The molecular formula is C28H27ClFN5O. The number of allylic oxidation sites excluding steroid dienone is 1. The van der Waals surface area contributed by atoms with Crippen molar-refractivity contribution in [2.45, 2.75) is 30.8 Å². The molecule has 36 heavy (non-hydrogen) atoms. The quantitative estimate of drug-likeness (QED) is 0.432. The number of dihydropyridines is 1. The van der Waals surface area contributed by atoms with Gasteiger partial charge in [-0.2, -0.15) is 5.26 Å². The Hall–Kier alpha value is -3.76. The summed E-state index contributed by atoms with van der Waals surface area (Å²) < 4.78 is 13.9. The van der Waals surface area contributed by atoms with Crippen molar-refractivity contribution in [3.8, 4) is 17.2 Å². The molecule has 1 amide bonds. The lowest BCUT2D eigenvalue weighted by molar-refractivity contribution is -0.131. The number of nitrogens with zero attached hydrogens (tertiary/aromatic N) is 2. The fourth-order valence-corrected chi connectivity index (χ4v) is 4.94. The zero-order valence-electron chi connectivity index (χ0n) is 19.7. The monoisotopic (exact) mass is 503 g/mol. The number of anilines is 1. The minimum Gasteiger partial charge on any atom is -0.387 e. The fourth-order valence-electron chi connectivity index (χ4n) is 4.80. The lowest BCUT2D eigenvalue weighted by atomic mass is 9.98. The average Bonchev–Trinajstić information content (AvgIpc) is 2.90. The number of nitriles is 1. The van der Waals surface area contributed by atoms with Gasteiger partial charge in [-0.15, -0.1) is 0 Å². The van der Waals surface area contributed by atoms with Gasteiger partial charge in [-0.05, 0) is 65.1 Å². The van der Waals surface area contributed by atoms with E-state index in [1.165, 1.54) is 6.07 Å². The molecule has 2 aromatic rings. The molecule has 3 N–H and O–H groups in total. The van der Waals surface area contributed by atoms with Crippen LogP contribution in [-0.4, -0.2) is 42.0 Å². The Morgan fingerprint density at radius 3 is 2.78 bits per heavy atom. The first-order chi connectivity index (χ1) is 17.5. The summed E-state index contributed by atoms with van der Waals surface area (Å²) >= 11 is 5.98. The third kappa shape index (κ3) is 5.24. The molecule has 184 valence electrons. The lowest BCUT2D eigenvalue weighted by Crippen LogP contribution is -2.44. The molecule has 0 aliphatic carbocycles. The Morgan fingerprint density at radius 2 is 2.03 bits per heavy atom. The minimum atomic E-state index is -0.515. The summed E-state index contributed by atoms with van der Waals surface area (Å²) in [5.74, 6) is -0.395. The van der Waals surface area contributed by atoms with E-state index in [0.29, 0.717) is 19.5 Å². The second-order valence-corrected chi connectivity index (χ2v) is 9.68. The molecule has 3 aliphatic rings. The molecule has 8 heteroatoms. The van der Waals surface area contributed by atoms with Gasteiger partial charge in [0.05, 0.1) is 12.0 Å². The number of carbonyl (C=O) groups excluding carboxylic acids is 1. The molecule has 0 radical (unpaired) electrons. The lowest BCUT2D eigenvalue weighted by Gasteiger charge is -2.33. The maximum Gasteiger partial charge on any atom is 0.227 e. The van der Waals surface area contributed by atoms with Crippen molar-refractivity contribution in [1.82, 2.24) is 15.5 Å². The first-order valence-corrected chi connectivity index (χ1v) is 12.5. The van der Waals surface area contributed by atoms with Gasteiger partial charge in [0.25, 0.3) is 0 Å². The number of hydrogen-bond donors (Lipinski definition) is 3. The summed E-state index contributed by atoms with van der Waals surface area (Å²) in [5.41, 5.74) is 3.45. The highest BCUT2D eigenvalue weighted by Gasteiger charge is 2.24. The minimum absolute atomic E-state index is 0.0340. The first kappa shape index (κ1) is 24.0. The molecule has 1 unspecified atom stereocenters. The summed E-state index contributed by atoms with van der Waals surface area (Å²) in [5, 5.41) is 21.4. The van der Waals surface area contributed by atoms with E-state index in [0.717, 1.165) is 52.2 Å². The van der Waals surface area contributed by atoms with Crippen LogP contribution in [0, 0.1) is 17.1 Å². The molecule has 0 saturated carbocycles. The second kappa shape index (κ2) is 10.5. The molecule has 0 spiro atoms. The summed E-state index contributed by atoms with van der Waals surface area (Å²) in [4.78, 5) is 14.7. The number of carbonyl (C=O) groups is 1. The Kier molecular flexibility index (Phi) is 6.97. The number of benzene rings is 2. The second-order valence-electron chi connectivity index (χ2n) is 9.21. The molecule has 0 aromatic heterocycles. The van der Waals surface area contributed by atoms with Crippen molar-refractivity contribution in [2.75, 3.05) is 25.0 Å². The third-order valence-corrected chi connectivity index (χ3v) is 7.06. The molecule has 1 atom stereocenters. The normalized spacial score (nSPS) is 19.0. The predicted molar refractivity (Wildman–Crippen MR) is 141 cm³/mol. The maximum atomic E-state index is 13.9. The van der Waals surface area contributed by atoms with Crippen LogP contribution in [0.15, 0.2) is 54.3 Å². The zero-order valence-corrected chi connectivity index (χ0v) is 20.5. The van der Waals surface area contributed by atoms with Gasteiger partial charge >= 0.3 is 0 Å². The Bertz CT molecular complexity index is 1400. The van der Waals surface area contributed by atoms with E-state index in [9.17, 15) is 14.4 Å². The molecule has 6 nitrogen and oxygen atoms in total. The molecule has 0 bridgehead atoms. The van der Waals surface area contributed by atoms with Crippen molar-refractivity contribution in [3.63, 3.8) is 0 Å². The van der Waals surface area contributed by atoms with E-state index >= 15 is 0 Å². The van der Waals surface area contributed by atoms with Crippen LogP contribution in [0.4, 0.5) is 10.1 Å². The standard InChI is InChI=1S/C28H27ClFN5O/c29-27-4-1-18(16-33-27)11-28(36)35-9-6-23(7-10-35)34-26-14-21(13-20-5-8-32-17-24(20)26)19-2-3-25(30)22(12-19)15-31/h1-5,12-14,16-17,23,27,32-34H,6-11H2. The molecule has 1 saturated heterocycles. The smallest absolute Gasteiger partial charge is 0.227 e. The fraction of sp³-hybridized carbons (Fsp3) is 0.286. The van der Waals surface area contributed by atoms with E-state index in [-0.39, 0.29) is 23.0 Å². The van der Waals surface area contributed by atoms with E-state index in [1.54, 1.807) is 12.1 Å². The van der Waals surface area contributed by atoms with Gasteiger partial charge in [0.15, 0.2) is 0 Å². The van der Waals surface area contributed by atoms with Crippen LogP contribution in [-0.2, 0) is 4.79 Å².